The van der Waals surface area contributed by atoms with E-state index < -0.39 is 11.6 Å². The third kappa shape index (κ3) is 2.81. The average molecular weight is 381 g/mol. The van der Waals surface area contributed by atoms with Gasteiger partial charge < -0.3 is 4.74 Å². The summed E-state index contributed by atoms with van der Waals surface area (Å²) in [6.07, 6.45) is 3.41. The van der Waals surface area contributed by atoms with Crippen LogP contribution in [0.3, 0.4) is 0 Å². The van der Waals surface area contributed by atoms with Gasteiger partial charge in [0.05, 0.1) is 12.6 Å². The van der Waals surface area contributed by atoms with Gasteiger partial charge >= 0.3 is 0 Å². The first-order chi connectivity index (χ1) is 13.6. The van der Waals surface area contributed by atoms with Crippen molar-refractivity contribution in [3.05, 3.63) is 47.8 Å². The Morgan fingerprint density at radius 2 is 1.96 bits per heavy atom. The van der Waals surface area contributed by atoms with E-state index in [1.807, 2.05) is 18.2 Å². The molecule has 0 spiro atoms. The maximum atomic E-state index is 14.1. The number of hydrogen-bond acceptors (Lipinski definition) is 4. The van der Waals surface area contributed by atoms with E-state index >= 15 is 0 Å². The first-order valence-electron chi connectivity index (χ1n) is 9.06. The minimum absolute atomic E-state index is 0.177. The van der Waals surface area contributed by atoms with Gasteiger partial charge in [-0.2, -0.15) is 14.6 Å². The molecule has 0 radical (unpaired) electrons. The molecular weight excluding hydrogens is 364 g/mol. The third-order valence-electron chi connectivity index (χ3n) is 5.04. The van der Waals surface area contributed by atoms with Crippen molar-refractivity contribution in [2.45, 2.75) is 19.3 Å². The van der Waals surface area contributed by atoms with Gasteiger partial charge in [-0.25, -0.2) is 9.37 Å². The molecule has 142 valence electrons. The van der Waals surface area contributed by atoms with Gasteiger partial charge in [0.15, 0.2) is 17.4 Å². The lowest BCUT2D eigenvalue weighted by atomic mass is 10.0. The summed E-state index contributed by atoms with van der Waals surface area (Å²) in [5, 5.41) is 15.3. The van der Waals surface area contributed by atoms with Crippen molar-refractivity contribution in [2.24, 2.45) is 5.92 Å². The topological polar surface area (TPSA) is 79.5 Å². The molecule has 0 aliphatic heterocycles. The number of halogens is 2. The van der Waals surface area contributed by atoms with Crippen LogP contribution in [0.2, 0.25) is 0 Å². The fraction of sp³-hybridized carbons (Fsp3) is 0.250. The Bertz CT molecular complexity index is 1180. The largest absolute Gasteiger partial charge is 0.493 e. The lowest BCUT2D eigenvalue weighted by Gasteiger charge is -2.08. The van der Waals surface area contributed by atoms with Crippen LogP contribution in [0.15, 0.2) is 30.3 Å². The number of fused-ring (bicyclic) bond motifs is 1. The molecule has 0 amide bonds. The maximum Gasteiger partial charge on any atom is 0.201 e. The Hall–Kier alpha value is -3.29. The molecule has 5 rings (SSSR count). The number of methoxy groups -OCH3 is 1. The molecule has 2 aromatic heterocycles. The standard InChI is InChI=1S/C20H17F2N5O/c1-28-19-12(5-6-14(21)17(19)22)18-13-9-11(4-7-15(13)24-26-18)20-23-16(25-27-20)8-10-2-3-10/h4-7,9-10H,2-3,8H2,1H3,(H,24,26)(H,23,25,27). The molecule has 1 fully saturated rings. The molecule has 8 heteroatoms. The summed E-state index contributed by atoms with van der Waals surface area (Å²) >= 11 is 0. The van der Waals surface area contributed by atoms with Crippen molar-refractivity contribution >= 4 is 10.9 Å². The smallest absolute Gasteiger partial charge is 0.201 e. The Morgan fingerprint density at radius 1 is 1.11 bits per heavy atom. The van der Waals surface area contributed by atoms with Crippen molar-refractivity contribution in [1.82, 2.24) is 25.4 Å². The molecule has 0 saturated heterocycles. The van der Waals surface area contributed by atoms with Gasteiger partial charge in [0.2, 0.25) is 5.82 Å². The Morgan fingerprint density at radius 3 is 2.75 bits per heavy atom. The molecule has 0 bridgehead atoms. The molecule has 0 atom stereocenters. The summed E-state index contributed by atoms with van der Waals surface area (Å²) in [5.74, 6) is 0.0123. The number of nitrogens with zero attached hydrogens (tertiary/aromatic N) is 3. The van der Waals surface area contributed by atoms with Crippen molar-refractivity contribution in [3.8, 4) is 28.4 Å². The van der Waals surface area contributed by atoms with Crippen LogP contribution in [0, 0.1) is 17.6 Å². The fourth-order valence-corrected chi connectivity index (χ4v) is 3.39. The monoisotopic (exact) mass is 381 g/mol. The van der Waals surface area contributed by atoms with Crippen LogP contribution in [-0.4, -0.2) is 32.5 Å². The SMILES string of the molecule is COc1c(-c2n[nH]c3ccc(-c4n[nH]c(CC5CC5)n4)cc23)ccc(F)c1F. The van der Waals surface area contributed by atoms with Crippen molar-refractivity contribution in [2.75, 3.05) is 7.11 Å². The van der Waals surface area contributed by atoms with Gasteiger partial charge in [0.25, 0.3) is 0 Å². The maximum absolute atomic E-state index is 14.1. The van der Waals surface area contributed by atoms with E-state index in [0.29, 0.717) is 23.0 Å². The highest BCUT2D eigenvalue weighted by atomic mass is 19.2. The number of nitrogens with one attached hydrogen (secondary N) is 2. The van der Waals surface area contributed by atoms with Crippen LogP contribution < -0.4 is 4.74 Å². The number of ether oxygens (including phenoxy) is 1. The van der Waals surface area contributed by atoms with Gasteiger partial charge in [0, 0.05) is 22.9 Å². The summed E-state index contributed by atoms with van der Waals surface area (Å²) < 4.78 is 32.8. The Labute approximate surface area is 159 Å². The lowest BCUT2D eigenvalue weighted by Crippen LogP contribution is -1.95. The minimum Gasteiger partial charge on any atom is -0.493 e. The van der Waals surface area contributed by atoms with E-state index in [9.17, 15) is 8.78 Å². The predicted molar refractivity (Wildman–Crippen MR) is 99.8 cm³/mol. The second kappa shape index (κ2) is 6.40. The summed E-state index contributed by atoms with van der Waals surface area (Å²) in [4.78, 5) is 4.58. The normalized spacial score (nSPS) is 14.0. The number of H-pyrrole nitrogens is 2. The van der Waals surface area contributed by atoms with Crippen LogP contribution in [0.25, 0.3) is 33.5 Å². The lowest BCUT2D eigenvalue weighted by molar-refractivity contribution is 0.373. The van der Waals surface area contributed by atoms with Gasteiger partial charge in [-0.05, 0) is 49.1 Å². The zero-order chi connectivity index (χ0) is 19.3. The van der Waals surface area contributed by atoms with Crippen LogP contribution in [-0.2, 0) is 6.42 Å². The highest BCUT2D eigenvalue weighted by Gasteiger charge is 2.24. The zero-order valence-corrected chi connectivity index (χ0v) is 15.1. The first-order valence-corrected chi connectivity index (χ1v) is 9.06. The van der Waals surface area contributed by atoms with Gasteiger partial charge in [-0.3, -0.25) is 10.2 Å². The first kappa shape index (κ1) is 16.9. The average Bonchev–Trinajstić information content (AvgIpc) is 3.23. The van der Waals surface area contributed by atoms with Crippen LogP contribution in [0.5, 0.6) is 5.75 Å². The van der Waals surface area contributed by atoms with Gasteiger partial charge in [-0.1, -0.05) is 0 Å². The second-order valence-corrected chi connectivity index (χ2v) is 7.03. The van der Waals surface area contributed by atoms with E-state index in [1.54, 1.807) is 0 Å². The van der Waals surface area contributed by atoms with E-state index in [2.05, 4.69) is 25.4 Å². The number of aromatic nitrogens is 5. The molecule has 0 unspecified atom stereocenters. The van der Waals surface area contributed by atoms with E-state index in [0.717, 1.165) is 34.8 Å². The van der Waals surface area contributed by atoms with Crippen molar-refractivity contribution < 1.29 is 13.5 Å². The minimum atomic E-state index is -1.04. The second-order valence-electron chi connectivity index (χ2n) is 7.03. The Balaban J connectivity index is 1.59. The summed E-state index contributed by atoms with van der Waals surface area (Å²) in [6, 6.07) is 8.18. The number of rotatable bonds is 5. The van der Waals surface area contributed by atoms with Crippen LogP contribution >= 0.6 is 0 Å². The van der Waals surface area contributed by atoms with Crippen LogP contribution in [0.1, 0.15) is 18.7 Å². The van der Waals surface area contributed by atoms with Crippen LogP contribution in [0.4, 0.5) is 8.78 Å². The summed E-state index contributed by atoms with van der Waals surface area (Å²) in [7, 11) is 1.30. The number of hydrogen-bond donors (Lipinski definition) is 2. The molecule has 1 aliphatic carbocycles. The zero-order valence-electron chi connectivity index (χ0n) is 15.1. The number of benzene rings is 2. The summed E-state index contributed by atoms with van der Waals surface area (Å²) in [5.41, 5.74) is 2.42. The molecule has 2 N–H and O–H groups in total. The molecule has 1 aliphatic rings. The predicted octanol–water partition coefficient (Wildman–Crippen LogP) is 4.25. The van der Waals surface area contributed by atoms with Crippen molar-refractivity contribution in [3.63, 3.8) is 0 Å². The van der Waals surface area contributed by atoms with Crippen molar-refractivity contribution in [1.29, 1.82) is 0 Å². The molecule has 2 aromatic carbocycles. The highest BCUT2D eigenvalue weighted by molar-refractivity contribution is 5.96. The molecular formula is C20H17F2N5O. The fourth-order valence-electron chi connectivity index (χ4n) is 3.39. The Kier molecular flexibility index (Phi) is 3.85. The number of aromatic amines is 2. The van der Waals surface area contributed by atoms with Gasteiger partial charge in [0.1, 0.15) is 11.5 Å². The van der Waals surface area contributed by atoms with E-state index in [4.69, 9.17) is 4.74 Å². The van der Waals surface area contributed by atoms with E-state index in [-0.39, 0.29) is 5.75 Å². The quantitative estimate of drug-likeness (QED) is 0.542. The molecule has 4 aromatic rings. The molecule has 28 heavy (non-hydrogen) atoms. The molecule has 6 nitrogen and oxygen atoms in total. The highest BCUT2D eigenvalue weighted by Crippen LogP contribution is 2.37. The molecule has 1 saturated carbocycles. The van der Waals surface area contributed by atoms with Gasteiger partial charge in [-0.15, -0.1) is 0 Å². The van der Waals surface area contributed by atoms with E-state index in [1.165, 1.54) is 26.0 Å². The molecule has 2 heterocycles. The third-order valence-corrected chi connectivity index (χ3v) is 5.04. The summed E-state index contributed by atoms with van der Waals surface area (Å²) in [6.45, 7) is 0.